The van der Waals surface area contributed by atoms with Gasteiger partial charge in [0.1, 0.15) is 0 Å². The standard InChI is InChI=1S/C13H15ClN4S/c1-13(2,3)8-4-6-9(7-5-8)19-12-17-10(14)16-11(15)18-12/h4-7H,1-3H3,(H2,15,16,17,18). The second-order valence-electron chi connectivity index (χ2n) is 5.12. The highest BCUT2D eigenvalue weighted by molar-refractivity contribution is 7.99. The molecule has 0 radical (unpaired) electrons. The van der Waals surface area contributed by atoms with Crippen molar-refractivity contribution in [3.05, 3.63) is 35.1 Å². The lowest BCUT2D eigenvalue weighted by molar-refractivity contribution is 0.590. The predicted octanol–water partition coefficient (Wildman–Crippen LogP) is 3.56. The van der Waals surface area contributed by atoms with Crippen LogP contribution in [0.3, 0.4) is 0 Å². The summed E-state index contributed by atoms with van der Waals surface area (Å²) in [4.78, 5) is 12.8. The van der Waals surface area contributed by atoms with Gasteiger partial charge in [0, 0.05) is 4.90 Å². The number of nitrogens with two attached hydrogens (primary N) is 1. The fraction of sp³-hybridized carbons (Fsp3) is 0.308. The van der Waals surface area contributed by atoms with Crippen LogP contribution in [0, 0.1) is 0 Å². The van der Waals surface area contributed by atoms with Gasteiger partial charge in [0.2, 0.25) is 11.2 Å². The van der Waals surface area contributed by atoms with Gasteiger partial charge in [-0.3, -0.25) is 0 Å². The molecule has 100 valence electrons. The van der Waals surface area contributed by atoms with Crippen molar-refractivity contribution < 1.29 is 0 Å². The first-order chi connectivity index (χ1) is 8.84. The Balaban J connectivity index is 2.20. The molecule has 1 aromatic carbocycles. The molecule has 2 rings (SSSR count). The number of anilines is 1. The first kappa shape index (κ1) is 14.1. The van der Waals surface area contributed by atoms with Crippen LogP contribution in [0.1, 0.15) is 26.3 Å². The van der Waals surface area contributed by atoms with Crippen LogP contribution in [0.4, 0.5) is 5.95 Å². The van der Waals surface area contributed by atoms with Crippen molar-refractivity contribution in [2.24, 2.45) is 0 Å². The molecule has 0 aliphatic carbocycles. The maximum absolute atomic E-state index is 5.75. The third-order valence-electron chi connectivity index (χ3n) is 2.53. The molecule has 4 nitrogen and oxygen atoms in total. The SMILES string of the molecule is CC(C)(C)c1ccc(Sc2nc(N)nc(Cl)n2)cc1. The summed E-state index contributed by atoms with van der Waals surface area (Å²) >= 11 is 7.15. The minimum absolute atomic E-state index is 0.112. The van der Waals surface area contributed by atoms with E-state index in [1.54, 1.807) is 0 Å². The van der Waals surface area contributed by atoms with Gasteiger partial charge in [-0.1, -0.05) is 32.9 Å². The van der Waals surface area contributed by atoms with Crippen molar-refractivity contribution in [1.82, 2.24) is 15.0 Å². The summed E-state index contributed by atoms with van der Waals surface area (Å²) in [5.41, 5.74) is 6.96. The quantitative estimate of drug-likeness (QED) is 0.917. The summed E-state index contributed by atoms with van der Waals surface area (Å²) < 4.78 is 0. The van der Waals surface area contributed by atoms with Crippen LogP contribution >= 0.6 is 23.4 Å². The van der Waals surface area contributed by atoms with Crippen LogP contribution in [-0.2, 0) is 5.41 Å². The van der Waals surface area contributed by atoms with Gasteiger partial charge < -0.3 is 5.73 Å². The molecule has 0 aliphatic heterocycles. The van der Waals surface area contributed by atoms with E-state index in [1.807, 2.05) is 12.1 Å². The molecule has 0 unspecified atom stereocenters. The average molecular weight is 295 g/mol. The zero-order valence-electron chi connectivity index (χ0n) is 11.0. The van der Waals surface area contributed by atoms with Crippen LogP contribution in [-0.4, -0.2) is 15.0 Å². The van der Waals surface area contributed by atoms with Crippen molar-refractivity contribution in [3.63, 3.8) is 0 Å². The van der Waals surface area contributed by atoms with Crippen molar-refractivity contribution in [2.45, 2.75) is 36.2 Å². The highest BCUT2D eigenvalue weighted by Gasteiger charge is 2.13. The van der Waals surface area contributed by atoms with E-state index in [2.05, 4.69) is 47.9 Å². The van der Waals surface area contributed by atoms with Crippen molar-refractivity contribution >= 4 is 29.3 Å². The lowest BCUT2D eigenvalue weighted by atomic mass is 9.87. The highest BCUT2D eigenvalue weighted by atomic mass is 35.5. The Bertz CT molecular complexity index is 558. The number of nitrogens with zero attached hydrogens (tertiary/aromatic N) is 3. The number of aromatic nitrogens is 3. The smallest absolute Gasteiger partial charge is 0.228 e. The third-order valence-corrected chi connectivity index (χ3v) is 3.58. The van der Waals surface area contributed by atoms with Crippen LogP contribution in [0.5, 0.6) is 0 Å². The summed E-state index contributed by atoms with van der Waals surface area (Å²) in [7, 11) is 0. The van der Waals surface area contributed by atoms with Gasteiger partial charge in [-0.25, -0.2) is 0 Å². The van der Waals surface area contributed by atoms with Crippen molar-refractivity contribution in [1.29, 1.82) is 0 Å². The van der Waals surface area contributed by atoms with Crippen LogP contribution < -0.4 is 5.73 Å². The first-order valence-corrected chi connectivity index (χ1v) is 6.99. The summed E-state index contributed by atoms with van der Waals surface area (Å²) in [6, 6.07) is 8.29. The lowest BCUT2D eigenvalue weighted by Crippen LogP contribution is -2.10. The molecule has 0 bridgehead atoms. The highest BCUT2D eigenvalue weighted by Crippen LogP contribution is 2.28. The fourth-order valence-electron chi connectivity index (χ4n) is 1.52. The van der Waals surface area contributed by atoms with E-state index < -0.39 is 0 Å². The Morgan fingerprint density at radius 3 is 2.21 bits per heavy atom. The molecule has 2 aromatic rings. The molecule has 2 N–H and O–H groups in total. The second kappa shape index (κ2) is 5.35. The molecule has 0 fully saturated rings. The molecular weight excluding hydrogens is 280 g/mol. The molecular formula is C13H15ClN4S. The van der Waals surface area contributed by atoms with E-state index in [1.165, 1.54) is 17.3 Å². The van der Waals surface area contributed by atoms with Gasteiger partial charge in [0.25, 0.3) is 0 Å². The van der Waals surface area contributed by atoms with E-state index in [0.29, 0.717) is 5.16 Å². The maximum atomic E-state index is 5.75. The van der Waals surface area contributed by atoms with E-state index in [4.69, 9.17) is 17.3 Å². The number of hydrogen-bond donors (Lipinski definition) is 1. The van der Waals surface area contributed by atoms with Gasteiger partial charge in [0.05, 0.1) is 0 Å². The maximum Gasteiger partial charge on any atom is 0.228 e. The molecule has 1 heterocycles. The average Bonchev–Trinajstić information content (AvgIpc) is 2.26. The number of benzene rings is 1. The molecule has 0 saturated carbocycles. The van der Waals surface area contributed by atoms with Crippen LogP contribution in [0.25, 0.3) is 0 Å². The minimum Gasteiger partial charge on any atom is -0.368 e. The Morgan fingerprint density at radius 1 is 1.05 bits per heavy atom. The van der Waals surface area contributed by atoms with Crippen molar-refractivity contribution in [3.8, 4) is 0 Å². The van der Waals surface area contributed by atoms with E-state index in [0.717, 1.165) is 4.90 Å². The normalized spacial score (nSPS) is 11.6. The summed E-state index contributed by atoms with van der Waals surface area (Å²) in [5.74, 6) is 0.133. The molecule has 0 saturated heterocycles. The molecule has 0 atom stereocenters. The minimum atomic E-state index is 0.112. The zero-order valence-corrected chi connectivity index (χ0v) is 12.6. The first-order valence-electron chi connectivity index (χ1n) is 5.80. The van der Waals surface area contributed by atoms with Gasteiger partial charge in [-0.15, -0.1) is 0 Å². The van der Waals surface area contributed by atoms with Gasteiger partial charge in [0.15, 0.2) is 5.16 Å². The summed E-state index contributed by atoms with van der Waals surface area (Å²) in [6.07, 6.45) is 0. The van der Waals surface area contributed by atoms with Gasteiger partial charge in [-0.05, 0) is 46.5 Å². The van der Waals surface area contributed by atoms with E-state index in [9.17, 15) is 0 Å². The van der Waals surface area contributed by atoms with Crippen molar-refractivity contribution in [2.75, 3.05) is 5.73 Å². The Kier molecular flexibility index (Phi) is 3.96. The molecule has 0 spiro atoms. The molecule has 0 aliphatic rings. The molecule has 6 heteroatoms. The number of halogens is 1. The summed E-state index contributed by atoms with van der Waals surface area (Å²) in [5, 5.41) is 0.613. The monoisotopic (exact) mass is 294 g/mol. The van der Waals surface area contributed by atoms with Crippen LogP contribution in [0.2, 0.25) is 5.28 Å². The molecule has 1 aromatic heterocycles. The molecule has 0 amide bonds. The third kappa shape index (κ3) is 3.81. The topological polar surface area (TPSA) is 64.7 Å². The van der Waals surface area contributed by atoms with Gasteiger partial charge in [-0.2, -0.15) is 15.0 Å². The Hall–Kier alpha value is -1.33. The number of hydrogen-bond acceptors (Lipinski definition) is 5. The Labute approximate surface area is 121 Å². The Morgan fingerprint density at radius 2 is 1.68 bits per heavy atom. The van der Waals surface area contributed by atoms with Gasteiger partial charge >= 0.3 is 0 Å². The molecule has 19 heavy (non-hydrogen) atoms. The predicted molar refractivity (Wildman–Crippen MR) is 78.5 cm³/mol. The van der Waals surface area contributed by atoms with E-state index >= 15 is 0 Å². The number of rotatable bonds is 2. The zero-order chi connectivity index (χ0) is 14.0. The van der Waals surface area contributed by atoms with E-state index in [-0.39, 0.29) is 16.6 Å². The number of nitrogen functional groups attached to an aromatic ring is 1. The lowest BCUT2D eigenvalue weighted by Gasteiger charge is -2.18. The summed E-state index contributed by atoms with van der Waals surface area (Å²) in [6.45, 7) is 6.55. The second-order valence-corrected chi connectivity index (χ2v) is 6.50. The van der Waals surface area contributed by atoms with Crippen LogP contribution in [0.15, 0.2) is 34.3 Å². The fourth-order valence-corrected chi connectivity index (χ4v) is 2.49. The largest absolute Gasteiger partial charge is 0.368 e.